The number of ether oxygens (including phenoxy) is 1. The highest BCUT2D eigenvalue weighted by molar-refractivity contribution is 5.80. The Morgan fingerprint density at radius 3 is 3.00 bits per heavy atom. The van der Waals surface area contributed by atoms with E-state index >= 15 is 0 Å². The van der Waals surface area contributed by atoms with E-state index in [0.29, 0.717) is 19.1 Å². The van der Waals surface area contributed by atoms with Crippen molar-refractivity contribution in [2.24, 2.45) is 5.92 Å². The van der Waals surface area contributed by atoms with Gasteiger partial charge in [0.05, 0.1) is 0 Å². The molecule has 1 amide bonds. The predicted molar refractivity (Wildman–Crippen MR) is 57.5 cm³/mol. The van der Waals surface area contributed by atoms with Crippen LogP contribution in [0.3, 0.4) is 0 Å². The zero-order valence-corrected chi connectivity index (χ0v) is 9.37. The largest absolute Gasteiger partial charge is 0.396 e. The van der Waals surface area contributed by atoms with Crippen molar-refractivity contribution in [2.75, 3.05) is 19.8 Å². The van der Waals surface area contributed by atoms with Gasteiger partial charge < -0.3 is 15.2 Å². The van der Waals surface area contributed by atoms with E-state index in [9.17, 15) is 4.79 Å². The van der Waals surface area contributed by atoms with Crippen LogP contribution in [0.25, 0.3) is 0 Å². The lowest BCUT2D eigenvalue weighted by Gasteiger charge is -2.16. The third-order valence-corrected chi connectivity index (χ3v) is 2.90. The molecule has 2 unspecified atom stereocenters. The number of aliphatic hydroxyl groups excluding tert-OH is 1. The zero-order chi connectivity index (χ0) is 11.1. The number of aliphatic hydroxyl groups is 1. The van der Waals surface area contributed by atoms with Crippen LogP contribution in [0.1, 0.15) is 32.6 Å². The van der Waals surface area contributed by atoms with E-state index in [0.717, 1.165) is 25.7 Å². The highest BCUT2D eigenvalue weighted by Gasteiger charge is 2.23. The lowest BCUT2D eigenvalue weighted by atomic mass is 10.0. The molecular formula is C11H21NO3. The van der Waals surface area contributed by atoms with E-state index in [1.165, 1.54) is 0 Å². The molecule has 0 aromatic carbocycles. The Hall–Kier alpha value is -0.610. The Balaban J connectivity index is 2.19. The Bertz CT molecular complexity index is 190. The molecule has 1 heterocycles. The van der Waals surface area contributed by atoms with Crippen LogP contribution in [-0.2, 0) is 9.53 Å². The number of carbonyl (C=O) groups excluding carboxylic acids is 1. The normalized spacial score (nSPS) is 22.7. The number of nitrogens with one attached hydrogen (secondary N) is 1. The maximum Gasteiger partial charge on any atom is 0.249 e. The Labute approximate surface area is 91.0 Å². The molecule has 0 bridgehead atoms. The smallest absolute Gasteiger partial charge is 0.249 e. The van der Waals surface area contributed by atoms with Gasteiger partial charge in [0.15, 0.2) is 0 Å². The lowest BCUT2D eigenvalue weighted by molar-refractivity contribution is -0.130. The van der Waals surface area contributed by atoms with Crippen LogP contribution in [0.15, 0.2) is 0 Å². The van der Waals surface area contributed by atoms with E-state index in [1.807, 2.05) is 0 Å². The SMILES string of the molecule is CCC(CCO)CNC(=O)C1CCCO1. The van der Waals surface area contributed by atoms with Crippen molar-refractivity contribution in [3.05, 3.63) is 0 Å². The summed E-state index contributed by atoms with van der Waals surface area (Å²) in [7, 11) is 0. The molecule has 15 heavy (non-hydrogen) atoms. The molecule has 4 nitrogen and oxygen atoms in total. The van der Waals surface area contributed by atoms with Crippen molar-refractivity contribution in [1.29, 1.82) is 0 Å². The molecule has 1 fully saturated rings. The van der Waals surface area contributed by atoms with Crippen LogP contribution < -0.4 is 5.32 Å². The first-order valence-electron chi connectivity index (χ1n) is 5.78. The molecule has 0 saturated carbocycles. The molecule has 1 aliphatic heterocycles. The van der Waals surface area contributed by atoms with Crippen LogP contribution >= 0.6 is 0 Å². The maximum absolute atomic E-state index is 11.6. The first-order valence-corrected chi connectivity index (χ1v) is 5.78. The first-order chi connectivity index (χ1) is 7.27. The van der Waals surface area contributed by atoms with Crippen molar-refractivity contribution < 1.29 is 14.6 Å². The van der Waals surface area contributed by atoms with Crippen LogP contribution in [0.4, 0.5) is 0 Å². The maximum atomic E-state index is 11.6. The minimum Gasteiger partial charge on any atom is -0.396 e. The molecule has 0 aliphatic carbocycles. The van der Waals surface area contributed by atoms with Gasteiger partial charge in [-0.2, -0.15) is 0 Å². The lowest BCUT2D eigenvalue weighted by Crippen LogP contribution is -2.37. The van der Waals surface area contributed by atoms with Gasteiger partial charge in [-0.15, -0.1) is 0 Å². The summed E-state index contributed by atoms with van der Waals surface area (Å²) < 4.78 is 5.28. The van der Waals surface area contributed by atoms with Gasteiger partial charge in [0.25, 0.3) is 0 Å². The molecule has 1 saturated heterocycles. The van der Waals surface area contributed by atoms with Gasteiger partial charge in [-0.05, 0) is 25.2 Å². The van der Waals surface area contributed by atoms with Gasteiger partial charge in [-0.25, -0.2) is 0 Å². The second kappa shape index (κ2) is 6.80. The molecule has 1 rings (SSSR count). The number of hydrogen-bond donors (Lipinski definition) is 2. The van der Waals surface area contributed by atoms with Crippen molar-refractivity contribution >= 4 is 5.91 Å². The van der Waals surface area contributed by atoms with E-state index in [-0.39, 0.29) is 18.6 Å². The molecule has 0 radical (unpaired) electrons. The second-order valence-corrected chi connectivity index (χ2v) is 4.03. The summed E-state index contributed by atoms with van der Waals surface area (Å²) in [5.41, 5.74) is 0. The monoisotopic (exact) mass is 215 g/mol. The summed E-state index contributed by atoms with van der Waals surface area (Å²) in [6, 6.07) is 0. The van der Waals surface area contributed by atoms with E-state index in [2.05, 4.69) is 12.2 Å². The highest BCUT2D eigenvalue weighted by Crippen LogP contribution is 2.12. The first kappa shape index (κ1) is 12.5. The second-order valence-electron chi connectivity index (χ2n) is 4.03. The molecule has 88 valence electrons. The molecule has 1 aliphatic rings. The minimum atomic E-state index is -0.239. The van der Waals surface area contributed by atoms with Crippen LogP contribution in [0.2, 0.25) is 0 Å². The highest BCUT2D eigenvalue weighted by atomic mass is 16.5. The van der Waals surface area contributed by atoms with Crippen LogP contribution in [0, 0.1) is 5.92 Å². The van der Waals surface area contributed by atoms with Crippen molar-refractivity contribution in [3.8, 4) is 0 Å². The van der Waals surface area contributed by atoms with Gasteiger partial charge in [0.1, 0.15) is 6.10 Å². The quantitative estimate of drug-likeness (QED) is 0.685. The zero-order valence-electron chi connectivity index (χ0n) is 9.37. The summed E-state index contributed by atoms with van der Waals surface area (Å²) in [5.74, 6) is 0.379. The van der Waals surface area contributed by atoms with Crippen molar-refractivity contribution in [3.63, 3.8) is 0 Å². The van der Waals surface area contributed by atoms with Gasteiger partial charge in [-0.1, -0.05) is 13.3 Å². The van der Waals surface area contributed by atoms with Crippen LogP contribution in [0.5, 0.6) is 0 Å². The molecule has 0 aromatic rings. The molecule has 0 spiro atoms. The van der Waals surface area contributed by atoms with Gasteiger partial charge in [0.2, 0.25) is 5.91 Å². The van der Waals surface area contributed by atoms with Crippen molar-refractivity contribution in [2.45, 2.75) is 38.7 Å². The van der Waals surface area contributed by atoms with Gasteiger partial charge in [-0.3, -0.25) is 4.79 Å². The fourth-order valence-electron chi connectivity index (χ4n) is 1.78. The average molecular weight is 215 g/mol. The summed E-state index contributed by atoms with van der Waals surface area (Å²) in [5, 5.41) is 11.7. The molecule has 2 N–H and O–H groups in total. The summed E-state index contributed by atoms with van der Waals surface area (Å²) in [4.78, 5) is 11.6. The topological polar surface area (TPSA) is 58.6 Å². The summed E-state index contributed by atoms with van der Waals surface area (Å²) in [6.45, 7) is 3.61. The number of rotatable bonds is 6. The average Bonchev–Trinajstić information content (AvgIpc) is 2.77. The molecule has 2 atom stereocenters. The minimum absolute atomic E-state index is 0.00360. The van der Waals surface area contributed by atoms with Crippen LogP contribution in [-0.4, -0.2) is 36.9 Å². The Morgan fingerprint density at radius 1 is 1.67 bits per heavy atom. The third kappa shape index (κ3) is 4.18. The molecular weight excluding hydrogens is 194 g/mol. The molecule has 4 heteroatoms. The Morgan fingerprint density at radius 2 is 2.47 bits per heavy atom. The fourth-order valence-corrected chi connectivity index (χ4v) is 1.78. The number of amides is 1. The van der Waals surface area contributed by atoms with Gasteiger partial charge >= 0.3 is 0 Å². The van der Waals surface area contributed by atoms with E-state index in [4.69, 9.17) is 9.84 Å². The fraction of sp³-hybridized carbons (Fsp3) is 0.909. The Kier molecular flexibility index (Phi) is 5.65. The number of hydrogen-bond acceptors (Lipinski definition) is 3. The standard InChI is InChI=1S/C11H21NO3/c1-2-9(5-6-13)8-12-11(14)10-4-3-7-15-10/h9-10,13H,2-8H2,1H3,(H,12,14). The predicted octanol–water partition coefficient (Wildman–Crippen LogP) is 0.690. The van der Waals surface area contributed by atoms with Gasteiger partial charge in [0, 0.05) is 19.8 Å². The number of carbonyl (C=O) groups is 1. The molecule has 0 aromatic heterocycles. The van der Waals surface area contributed by atoms with Crippen molar-refractivity contribution in [1.82, 2.24) is 5.32 Å². The van der Waals surface area contributed by atoms with E-state index in [1.54, 1.807) is 0 Å². The summed E-state index contributed by atoms with van der Waals surface area (Å²) in [6.07, 6.45) is 3.31. The third-order valence-electron chi connectivity index (χ3n) is 2.90. The summed E-state index contributed by atoms with van der Waals surface area (Å²) >= 11 is 0. The van der Waals surface area contributed by atoms with E-state index < -0.39 is 0 Å².